The number of halogens is 2. The zero-order valence-corrected chi connectivity index (χ0v) is 26.0. The molecule has 1 aliphatic carbocycles. The minimum atomic E-state index is -3.55. The minimum Gasteiger partial charge on any atom is -0.352 e. The molecule has 2 amide bonds. The summed E-state index contributed by atoms with van der Waals surface area (Å²) in [7, 11) is -3.55. The number of nitrogens with one attached hydrogen (secondary N) is 1. The molecule has 0 spiro atoms. The van der Waals surface area contributed by atoms with Gasteiger partial charge in [0.25, 0.3) is 0 Å². The van der Waals surface area contributed by atoms with Crippen LogP contribution in [0.1, 0.15) is 76.3 Å². The number of benzene rings is 2. The summed E-state index contributed by atoms with van der Waals surface area (Å²) in [4.78, 5) is 28.7. The van der Waals surface area contributed by atoms with Crippen LogP contribution in [0.25, 0.3) is 0 Å². The van der Waals surface area contributed by atoms with E-state index < -0.39 is 16.1 Å². The number of rotatable bonds is 13. The topological polar surface area (TPSA) is 86.8 Å². The van der Waals surface area contributed by atoms with Crippen molar-refractivity contribution in [3.8, 4) is 0 Å². The van der Waals surface area contributed by atoms with Crippen molar-refractivity contribution in [2.75, 3.05) is 17.1 Å². The number of carbonyl (C=O) groups excluding carboxylic acids is 2. The van der Waals surface area contributed by atoms with Gasteiger partial charge in [-0.2, -0.15) is 0 Å². The third kappa shape index (κ3) is 9.11. The van der Waals surface area contributed by atoms with Crippen LogP contribution in [0.4, 0.5) is 5.69 Å². The maximum Gasteiger partial charge on any atom is 0.243 e. The van der Waals surface area contributed by atoms with E-state index in [1.165, 1.54) is 17.0 Å². The Morgan fingerprint density at radius 3 is 2.20 bits per heavy atom. The predicted molar refractivity (Wildman–Crippen MR) is 163 cm³/mol. The van der Waals surface area contributed by atoms with Gasteiger partial charge in [-0.1, -0.05) is 74.5 Å². The number of hydrogen-bond acceptors (Lipinski definition) is 4. The van der Waals surface area contributed by atoms with Gasteiger partial charge in [0.15, 0.2) is 0 Å². The number of amides is 2. The van der Waals surface area contributed by atoms with Crippen molar-refractivity contribution in [3.05, 3.63) is 63.6 Å². The highest BCUT2D eigenvalue weighted by Crippen LogP contribution is 2.25. The number of anilines is 1. The van der Waals surface area contributed by atoms with E-state index in [9.17, 15) is 18.0 Å². The Morgan fingerprint density at radius 1 is 0.975 bits per heavy atom. The van der Waals surface area contributed by atoms with Crippen LogP contribution in [0.5, 0.6) is 0 Å². The van der Waals surface area contributed by atoms with Gasteiger partial charge in [0.2, 0.25) is 21.8 Å². The molecule has 1 fully saturated rings. The first-order valence-electron chi connectivity index (χ1n) is 14.1. The largest absolute Gasteiger partial charge is 0.352 e. The number of nitrogens with zero attached hydrogens (tertiary/aromatic N) is 2. The van der Waals surface area contributed by atoms with E-state index >= 15 is 0 Å². The van der Waals surface area contributed by atoms with Gasteiger partial charge in [-0.05, 0) is 67.5 Å². The van der Waals surface area contributed by atoms with Crippen molar-refractivity contribution in [1.29, 1.82) is 0 Å². The highest BCUT2D eigenvalue weighted by Gasteiger charge is 2.30. The van der Waals surface area contributed by atoms with Gasteiger partial charge in [-0.3, -0.25) is 13.9 Å². The first-order valence-corrected chi connectivity index (χ1v) is 16.7. The molecular formula is C30H41Cl2N3O4S. The normalized spacial score (nSPS) is 14.9. The van der Waals surface area contributed by atoms with E-state index in [4.69, 9.17) is 23.2 Å². The fourth-order valence-electron chi connectivity index (χ4n) is 5.20. The molecule has 1 atom stereocenters. The molecule has 0 heterocycles. The second-order valence-electron chi connectivity index (χ2n) is 10.5. The van der Waals surface area contributed by atoms with E-state index in [0.29, 0.717) is 28.6 Å². The molecule has 0 aromatic heterocycles. The zero-order chi connectivity index (χ0) is 29.3. The number of sulfonamides is 1. The van der Waals surface area contributed by atoms with Crippen molar-refractivity contribution in [2.45, 2.75) is 90.3 Å². The lowest BCUT2D eigenvalue weighted by molar-refractivity contribution is -0.141. The Morgan fingerprint density at radius 2 is 1.62 bits per heavy atom. The van der Waals surface area contributed by atoms with Crippen LogP contribution in [-0.2, 0) is 32.6 Å². The highest BCUT2D eigenvalue weighted by molar-refractivity contribution is 7.92. The summed E-state index contributed by atoms with van der Waals surface area (Å²) in [5.41, 5.74) is 2.45. The summed E-state index contributed by atoms with van der Waals surface area (Å²) in [5, 5.41) is 3.96. The second kappa shape index (κ2) is 15.1. The number of hydrogen-bond donors (Lipinski definition) is 1. The maximum atomic E-state index is 13.7. The molecule has 0 saturated heterocycles. The molecule has 1 aliphatic rings. The van der Waals surface area contributed by atoms with Gasteiger partial charge in [0, 0.05) is 25.6 Å². The molecule has 220 valence electrons. The molecule has 0 unspecified atom stereocenters. The smallest absolute Gasteiger partial charge is 0.243 e. The fraction of sp³-hybridized carbons (Fsp3) is 0.533. The Bertz CT molecular complexity index is 1250. The molecule has 3 rings (SSSR count). The van der Waals surface area contributed by atoms with Gasteiger partial charge in [-0.25, -0.2) is 8.42 Å². The van der Waals surface area contributed by atoms with E-state index in [-0.39, 0.29) is 37.4 Å². The van der Waals surface area contributed by atoms with Crippen LogP contribution < -0.4 is 9.62 Å². The van der Waals surface area contributed by atoms with Crippen molar-refractivity contribution < 1.29 is 18.0 Å². The van der Waals surface area contributed by atoms with Crippen LogP contribution in [0, 0.1) is 0 Å². The molecule has 1 N–H and O–H groups in total. The van der Waals surface area contributed by atoms with Crippen molar-refractivity contribution in [1.82, 2.24) is 10.2 Å². The average Bonchev–Trinajstić information content (AvgIpc) is 2.92. The summed E-state index contributed by atoms with van der Waals surface area (Å²) in [6.45, 7) is 4.28. The summed E-state index contributed by atoms with van der Waals surface area (Å²) < 4.78 is 26.5. The van der Waals surface area contributed by atoms with Gasteiger partial charge >= 0.3 is 0 Å². The maximum absolute atomic E-state index is 13.7. The predicted octanol–water partition coefficient (Wildman–Crippen LogP) is 6.36. The van der Waals surface area contributed by atoms with Crippen LogP contribution in [0.15, 0.2) is 42.5 Å². The minimum absolute atomic E-state index is 0.0909. The van der Waals surface area contributed by atoms with Gasteiger partial charge < -0.3 is 10.2 Å². The quantitative estimate of drug-likeness (QED) is 0.286. The zero-order valence-electron chi connectivity index (χ0n) is 23.7. The van der Waals surface area contributed by atoms with E-state index in [1.807, 2.05) is 26.0 Å². The Labute approximate surface area is 249 Å². The third-order valence-corrected chi connectivity index (χ3v) is 9.39. The average molecular weight is 611 g/mol. The first kappa shape index (κ1) is 32.2. The molecule has 40 heavy (non-hydrogen) atoms. The van der Waals surface area contributed by atoms with Crippen LogP contribution in [0.2, 0.25) is 10.0 Å². The van der Waals surface area contributed by atoms with Crippen molar-refractivity contribution >= 4 is 50.7 Å². The number of carbonyl (C=O) groups is 2. The Balaban J connectivity index is 1.77. The van der Waals surface area contributed by atoms with E-state index in [0.717, 1.165) is 43.2 Å². The van der Waals surface area contributed by atoms with Gasteiger partial charge in [-0.15, -0.1) is 0 Å². The molecule has 0 aliphatic heterocycles. The fourth-order valence-corrected chi connectivity index (χ4v) is 6.49. The molecule has 10 heteroatoms. The number of aryl methyl sites for hydroxylation is 1. The van der Waals surface area contributed by atoms with E-state index in [1.54, 1.807) is 35.2 Å². The molecule has 2 aromatic carbocycles. The van der Waals surface area contributed by atoms with E-state index in [2.05, 4.69) is 5.32 Å². The summed E-state index contributed by atoms with van der Waals surface area (Å²) in [5.74, 6) is -0.372. The second-order valence-corrected chi connectivity index (χ2v) is 13.2. The highest BCUT2D eigenvalue weighted by atomic mass is 35.5. The lowest BCUT2D eigenvalue weighted by Crippen LogP contribution is -2.51. The van der Waals surface area contributed by atoms with Crippen molar-refractivity contribution in [2.24, 2.45) is 0 Å². The molecule has 0 radical (unpaired) electrons. The lowest BCUT2D eigenvalue weighted by Gasteiger charge is -2.33. The Hall–Kier alpha value is -2.29. The first-order chi connectivity index (χ1) is 19.0. The van der Waals surface area contributed by atoms with Crippen molar-refractivity contribution in [3.63, 3.8) is 0 Å². The summed E-state index contributed by atoms with van der Waals surface area (Å²) in [6, 6.07) is 12.1. The van der Waals surface area contributed by atoms with Crippen LogP contribution >= 0.6 is 23.2 Å². The van der Waals surface area contributed by atoms with Gasteiger partial charge in [0.1, 0.15) is 6.04 Å². The summed E-state index contributed by atoms with van der Waals surface area (Å²) in [6.07, 6.45) is 8.12. The monoisotopic (exact) mass is 609 g/mol. The lowest BCUT2D eigenvalue weighted by atomic mass is 9.95. The standard InChI is InChI=1S/C30H41Cl2N3O4S/c1-4-22-13-16-25(17-14-22)35(40(3,38)39)19-9-12-29(36)34(21-23-15-18-26(31)27(32)20-23)28(5-2)30(37)33-24-10-7-6-8-11-24/h13-18,20,24,28H,4-12,19,21H2,1-3H3,(H,33,37)/t28-/m0/s1. The van der Waals surface area contributed by atoms with Gasteiger partial charge in [0.05, 0.1) is 22.0 Å². The molecule has 0 bridgehead atoms. The summed E-state index contributed by atoms with van der Waals surface area (Å²) >= 11 is 12.3. The molecule has 2 aromatic rings. The third-order valence-electron chi connectivity index (χ3n) is 7.46. The Kier molecular flexibility index (Phi) is 12.2. The molecular weight excluding hydrogens is 569 g/mol. The molecule has 7 nitrogen and oxygen atoms in total. The van der Waals surface area contributed by atoms with Crippen LogP contribution in [0.3, 0.4) is 0 Å². The van der Waals surface area contributed by atoms with Crippen LogP contribution in [-0.4, -0.2) is 50.0 Å². The SMILES string of the molecule is CCc1ccc(N(CCCC(=O)N(Cc2ccc(Cl)c(Cl)c2)[C@@H](CC)C(=O)NC2CCCCC2)S(C)(=O)=O)cc1. The molecule has 1 saturated carbocycles.